The van der Waals surface area contributed by atoms with Crippen LogP contribution in [0.15, 0.2) is 33.6 Å². The molecule has 0 spiro atoms. The zero-order valence-electron chi connectivity index (χ0n) is 10.3. The molecule has 18 heavy (non-hydrogen) atoms. The summed E-state index contributed by atoms with van der Waals surface area (Å²) < 4.78 is 33.5. The molecule has 1 saturated heterocycles. The minimum absolute atomic E-state index is 0.126. The van der Waals surface area contributed by atoms with Crippen molar-refractivity contribution < 1.29 is 13.2 Å². The standard InChI is InChI=1S/C12H16BrNO3S/c1-9-12(2,6-7-17-9)14-18(15,16)11-5-3-4-10(13)8-11/h3-5,8-9,14H,6-7H2,1-2H3. The summed E-state index contributed by atoms with van der Waals surface area (Å²) >= 11 is 3.28. The summed E-state index contributed by atoms with van der Waals surface area (Å²) in [6.07, 6.45) is 0.556. The zero-order valence-corrected chi connectivity index (χ0v) is 12.7. The molecule has 1 aliphatic heterocycles. The van der Waals surface area contributed by atoms with E-state index in [4.69, 9.17) is 4.74 Å². The van der Waals surface area contributed by atoms with Gasteiger partial charge in [0.25, 0.3) is 0 Å². The Kier molecular flexibility index (Phi) is 3.82. The van der Waals surface area contributed by atoms with Crippen LogP contribution < -0.4 is 4.72 Å². The van der Waals surface area contributed by atoms with Gasteiger partial charge >= 0.3 is 0 Å². The SMILES string of the molecule is CC1OCCC1(C)NS(=O)(=O)c1cccc(Br)c1. The Morgan fingerprint density at radius 3 is 2.78 bits per heavy atom. The van der Waals surface area contributed by atoms with Gasteiger partial charge in [-0.2, -0.15) is 0 Å². The van der Waals surface area contributed by atoms with Gasteiger partial charge in [-0.05, 0) is 38.5 Å². The summed E-state index contributed by atoms with van der Waals surface area (Å²) in [5, 5.41) is 0. The van der Waals surface area contributed by atoms with Gasteiger partial charge in [0.2, 0.25) is 10.0 Å². The molecule has 1 heterocycles. The average molecular weight is 334 g/mol. The van der Waals surface area contributed by atoms with Crippen LogP contribution >= 0.6 is 15.9 Å². The summed E-state index contributed by atoms with van der Waals surface area (Å²) in [6, 6.07) is 6.67. The second-order valence-electron chi connectivity index (χ2n) is 4.74. The molecule has 1 aliphatic rings. The van der Waals surface area contributed by atoms with Gasteiger partial charge in [0.1, 0.15) is 0 Å². The maximum Gasteiger partial charge on any atom is 0.241 e. The van der Waals surface area contributed by atoms with Crippen molar-refractivity contribution in [1.29, 1.82) is 0 Å². The maximum atomic E-state index is 12.3. The van der Waals surface area contributed by atoms with E-state index in [0.717, 1.165) is 4.47 Å². The lowest BCUT2D eigenvalue weighted by Gasteiger charge is -2.28. The monoisotopic (exact) mass is 333 g/mol. The molecule has 0 saturated carbocycles. The first-order valence-electron chi connectivity index (χ1n) is 5.75. The number of benzene rings is 1. The van der Waals surface area contributed by atoms with Gasteiger partial charge in [-0.3, -0.25) is 0 Å². The Hall–Kier alpha value is -0.430. The van der Waals surface area contributed by atoms with E-state index in [1.165, 1.54) is 0 Å². The Morgan fingerprint density at radius 2 is 2.22 bits per heavy atom. The quantitative estimate of drug-likeness (QED) is 0.923. The molecule has 0 amide bonds. The van der Waals surface area contributed by atoms with E-state index in [0.29, 0.717) is 13.0 Å². The molecule has 0 radical (unpaired) electrons. The highest BCUT2D eigenvalue weighted by molar-refractivity contribution is 9.10. The topological polar surface area (TPSA) is 55.4 Å². The van der Waals surface area contributed by atoms with Crippen molar-refractivity contribution in [2.24, 2.45) is 0 Å². The second kappa shape index (κ2) is 4.92. The van der Waals surface area contributed by atoms with Crippen molar-refractivity contribution in [3.63, 3.8) is 0 Å². The lowest BCUT2D eigenvalue weighted by atomic mass is 9.97. The molecule has 4 nitrogen and oxygen atoms in total. The van der Waals surface area contributed by atoms with Gasteiger partial charge in [-0.15, -0.1) is 0 Å². The molecule has 2 atom stereocenters. The smallest absolute Gasteiger partial charge is 0.241 e. The highest BCUT2D eigenvalue weighted by Gasteiger charge is 2.40. The number of nitrogens with one attached hydrogen (secondary N) is 1. The summed E-state index contributed by atoms with van der Waals surface area (Å²) in [5.41, 5.74) is -0.541. The van der Waals surface area contributed by atoms with E-state index in [9.17, 15) is 8.42 Å². The zero-order chi connectivity index (χ0) is 13.4. The predicted octanol–water partition coefficient (Wildman–Crippen LogP) is 2.29. The molecule has 1 N–H and O–H groups in total. The number of hydrogen-bond donors (Lipinski definition) is 1. The fourth-order valence-corrected chi connectivity index (χ4v) is 4.06. The number of halogens is 1. The highest BCUT2D eigenvalue weighted by Crippen LogP contribution is 2.27. The van der Waals surface area contributed by atoms with Crippen LogP contribution in [-0.2, 0) is 14.8 Å². The van der Waals surface area contributed by atoms with Crippen LogP contribution in [0.3, 0.4) is 0 Å². The molecule has 6 heteroatoms. The minimum atomic E-state index is -3.52. The molecule has 1 aromatic rings. The number of rotatable bonds is 3. The van der Waals surface area contributed by atoms with Gasteiger partial charge in [-0.1, -0.05) is 22.0 Å². The van der Waals surface area contributed by atoms with E-state index in [2.05, 4.69) is 20.7 Å². The molecule has 0 aromatic heterocycles. The molecule has 0 aliphatic carbocycles. The Morgan fingerprint density at radius 1 is 1.50 bits per heavy atom. The molecule has 1 aromatic carbocycles. The molecular formula is C12H16BrNO3S. The Bertz CT molecular complexity index is 546. The molecule has 2 unspecified atom stereocenters. The van der Waals surface area contributed by atoms with Gasteiger partial charge in [0.15, 0.2) is 0 Å². The van der Waals surface area contributed by atoms with E-state index < -0.39 is 15.6 Å². The van der Waals surface area contributed by atoms with Crippen molar-refractivity contribution in [2.75, 3.05) is 6.61 Å². The number of ether oxygens (including phenoxy) is 1. The molecular weight excluding hydrogens is 318 g/mol. The first-order valence-corrected chi connectivity index (χ1v) is 8.02. The van der Waals surface area contributed by atoms with Crippen molar-refractivity contribution in [2.45, 2.75) is 36.8 Å². The van der Waals surface area contributed by atoms with Gasteiger partial charge in [0, 0.05) is 11.1 Å². The van der Waals surface area contributed by atoms with E-state index >= 15 is 0 Å². The molecule has 1 fully saturated rings. The van der Waals surface area contributed by atoms with Gasteiger partial charge < -0.3 is 4.74 Å². The van der Waals surface area contributed by atoms with Crippen molar-refractivity contribution >= 4 is 26.0 Å². The predicted molar refractivity (Wildman–Crippen MR) is 72.9 cm³/mol. The van der Waals surface area contributed by atoms with Gasteiger partial charge in [0.05, 0.1) is 16.5 Å². The van der Waals surface area contributed by atoms with E-state index in [1.807, 2.05) is 13.8 Å². The van der Waals surface area contributed by atoms with Crippen LogP contribution in [0.25, 0.3) is 0 Å². The molecule has 100 valence electrons. The van der Waals surface area contributed by atoms with Gasteiger partial charge in [-0.25, -0.2) is 13.1 Å². The van der Waals surface area contributed by atoms with Crippen molar-refractivity contribution in [3.05, 3.63) is 28.7 Å². The number of hydrogen-bond acceptors (Lipinski definition) is 3. The fraction of sp³-hybridized carbons (Fsp3) is 0.500. The summed E-state index contributed by atoms with van der Waals surface area (Å²) in [4.78, 5) is 0.261. The average Bonchev–Trinajstić information content (AvgIpc) is 2.58. The highest BCUT2D eigenvalue weighted by atomic mass is 79.9. The third-order valence-electron chi connectivity index (χ3n) is 3.36. The van der Waals surface area contributed by atoms with Crippen molar-refractivity contribution in [3.8, 4) is 0 Å². The van der Waals surface area contributed by atoms with Crippen molar-refractivity contribution in [1.82, 2.24) is 4.72 Å². The normalized spacial score (nSPS) is 28.5. The van der Waals surface area contributed by atoms with Crippen LogP contribution in [-0.4, -0.2) is 26.7 Å². The maximum absolute atomic E-state index is 12.3. The van der Waals surface area contributed by atoms with Crippen LogP contribution in [0.5, 0.6) is 0 Å². The fourth-order valence-electron chi connectivity index (χ4n) is 1.97. The lowest BCUT2D eigenvalue weighted by molar-refractivity contribution is 0.0957. The Labute approximate surface area is 116 Å². The van der Waals surface area contributed by atoms with Crippen LogP contribution in [0.2, 0.25) is 0 Å². The third-order valence-corrected chi connectivity index (χ3v) is 5.46. The molecule has 0 bridgehead atoms. The minimum Gasteiger partial charge on any atom is -0.376 e. The largest absolute Gasteiger partial charge is 0.376 e. The van der Waals surface area contributed by atoms with E-state index in [-0.39, 0.29) is 11.0 Å². The second-order valence-corrected chi connectivity index (χ2v) is 7.34. The first-order chi connectivity index (χ1) is 8.33. The summed E-state index contributed by atoms with van der Waals surface area (Å²) in [6.45, 7) is 4.34. The third kappa shape index (κ3) is 2.77. The number of sulfonamides is 1. The summed E-state index contributed by atoms with van der Waals surface area (Å²) in [5.74, 6) is 0. The first kappa shape index (κ1) is 14.0. The lowest BCUT2D eigenvalue weighted by Crippen LogP contribution is -2.50. The van der Waals surface area contributed by atoms with E-state index in [1.54, 1.807) is 24.3 Å². The van der Waals surface area contributed by atoms with Crippen LogP contribution in [0.1, 0.15) is 20.3 Å². The summed E-state index contributed by atoms with van der Waals surface area (Å²) in [7, 11) is -3.52. The molecule has 2 rings (SSSR count). The van der Waals surface area contributed by atoms with Crippen LogP contribution in [0.4, 0.5) is 0 Å². The Balaban J connectivity index is 2.28. The van der Waals surface area contributed by atoms with Crippen LogP contribution in [0, 0.1) is 0 Å².